The van der Waals surface area contributed by atoms with Crippen molar-refractivity contribution in [2.45, 2.75) is 38.9 Å². The van der Waals surface area contributed by atoms with Crippen molar-refractivity contribution in [3.05, 3.63) is 33.9 Å². The first-order chi connectivity index (χ1) is 13.6. The lowest BCUT2D eigenvalue weighted by Crippen LogP contribution is -2.54. The predicted octanol–water partition coefficient (Wildman–Crippen LogP) is 2.30. The summed E-state index contributed by atoms with van der Waals surface area (Å²) in [5, 5.41) is 12.3. The van der Waals surface area contributed by atoms with Gasteiger partial charge < -0.3 is 24.6 Å². The van der Waals surface area contributed by atoms with Gasteiger partial charge >= 0.3 is 5.97 Å². The van der Waals surface area contributed by atoms with Crippen LogP contribution in [-0.4, -0.2) is 54.4 Å². The maximum Gasteiger partial charge on any atom is 0.341 e. The number of nitrogens with one attached hydrogen (secondary N) is 1. The number of fused-ring (bicyclic) bond motifs is 1. The molecule has 2 atom stereocenters. The molecular weight excluding hydrogens is 391 g/mol. The Morgan fingerprint density at radius 2 is 1.97 bits per heavy atom. The van der Waals surface area contributed by atoms with Gasteiger partial charge in [-0.15, -0.1) is 0 Å². The number of halogens is 3. The van der Waals surface area contributed by atoms with Crippen LogP contribution in [0.5, 0.6) is 5.75 Å². The number of nitrogens with zero attached hydrogens (tertiary/aromatic N) is 2. The summed E-state index contributed by atoms with van der Waals surface area (Å²) in [7, 11) is 1.26. The molecule has 0 aliphatic carbocycles. The normalized spacial score (nSPS) is 19.8. The molecule has 1 fully saturated rings. The van der Waals surface area contributed by atoms with Gasteiger partial charge in [-0.05, 0) is 19.9 Å². The lowest BCUT2D eigenvalue weighted by Gasteiger charge is -2.38. The molecule has 3 rings (SSSR count). The fourth-order valence-corrected chi connectivity index (χ4v) is 3.93. The number of carbonyl (C=O) groups is 1. The van der Waals surface area contributed by atoms with Gasteiger partial charge in [0.25, 0.3) is 6.43 Å². The Bertz CT molecular complexity index is 999. The molecule has 10 heteroatoms. The summed E-state index contributed by atoms with van der Waals surface area (Å²) in [5.74, 6) is -2.43. The van der Waals surface area contributed by atoms with Crippen LogP contribution in [0.25, 0.3) is 10.9 Å². The van der Waals surface area contributed by atoms with E-state index in [1.807, 2.05) is 13.8 Å². The minimum atomic E-state index is -2.82. The van der Waals surface area contributed by atoms with Gasteiger partial charge in [-0.1, -0.05) is 0 Å². The van der Waals surface area contributed by atoms with Gasteiger partial charge in [-0.25, -0.2) is 18.0 Å². The van der Waals surface area contributed by atoms with Gasteiger partial charge in [0, 0.05) is 31.4 Å². The van der Waals surface area contributed by atoms with Crippen molar-refractivity contribution < 1.29 is 27.8 Å². The molecule has 158 valence electrons. The molecule has 0 bridgehead atoms. The number of aromatic carboxylic acids is 1. The molecule has 1 aromatic carbocycles. The molecule has 1 saturated heterocycles. The van der Waals surface area contributed by atoms with Crippen molar-refractivity contribution in [2.75, 3.05) is 25.1 Å². The number of carboxylic acid groups (broad SMARTS) is 1. The average Bonchev–Trinajstić information content (AvgIpc) is 2.61. The highest BCUT2D eigenvalue weighted by atomic mass is 19.3. The SMILES string of the molecule is COc1c(N2CC(C)NC(C)C2)c(F)cc2c(=O)c(C(=O)O)cn(CC(F)F)c12. The third kappa shape index (κ3) is 3.89. The molecule has 1 aliphatic heterocycles. The molecule has 1 aliphatic rings. The summed E-state index contributed by atoms with van der Waals surface area (Å²) in [5.41, 5.74) is -1.66. The van der Waals surface area contributed by atoms with Crippen molar-refractivity contribution in [1.82, 2.24) is 9.88 Å². The van der Waals surface area contributed by atoms with Crippen molar-refractivity contribution in [3.63, 3.8) is 0 Å². The number of alkyl halides is 2. The summed E-state index contributed by atoms with van der Waals surface area (Å²) >= 11 is 0. The van der Waals surface area contributed by atoms with Crippen LogP contribution in [0.3, 0.4) is 0 Å². The molecule has 2 heterocycles. The number of anilines is 1. The maximum atomic E-state index is 15.1. The number of aromatic nitrogens is 1. The quantitative estimate of drug-likeness (QED) is 0.783. The first-order valence-corrected chi connectivity index (χ1v) is 9.10. The van der Waals surface area contributed by atoms with Crippen LogP contribution in [0.1, 0.15) is 24.2 Å². The summed E-state index contributed by atoms with van der Waals surface area (Å²) in [6, 6.07) is 0.980. The van der Waals surface area contributed by atoms with Crippen molar-refractivity contribution in [2.24, 2.45) is 0 Å². The Morgan fingerprint density at radius 3 is 2.48 bits per heavy atom. The topological polar surface area (TPSA) is 83.8 Å². The smallest absolute Gasteiger partial charge is 0.341 e. The van der Waals surface area contributed by atoms with Gasteiger partial charge in [0.1, 0.15) is 11.3 Å². The van der Waals surface area contributed by atoms with Crippen LogP contribution < -0.4 is 20.4 Å². The second kappa shape index (κ2) is 7.94. The number of hydrogen-bond acceptors (Lipinski definition) is 5. The standard InChI is InChI=1S/C19H22F3N3O4/c1-9-5-24(6-10(2)23-9)16-13(20)4-11-15(18(16)29-3)25(8-14(21)22)7-12(17(11)26)19(27)28/h4,7,9-10,14,23H,5-6,8H2,1-3H3,(H,27,28). The monoisotopic (exact) mass is 413 g/mol. The molecule has 0 amide bonds. The van der Waals surface area contributed by atoms with E-state index < -0.39 is 35.7 Å². The van der Waals surface area contributed by atoms with E-state index in [9.17, 15) is 23.5 Å². The summed E-state index contributed by atoms with van der Waals surface area (Å²) < 4.78 is 47.8. The van der Waals surface area contributed by atoms with E-state index >= 15 is 4.39 Å². The van der Waals surface area contributed by atoms with Crippen LogP contribution in [0, 0.1) is 5.82 Å². The number of methoxy groups -OCH3 is 1. The van der Waals surface area contributed by atoms with Crippen LogP contribution in [0.15, 0.2) is 17.1 Å². The third-order valence-corrected chi connectivity index (χ3v) is 4.89. The lowest BCUT2D eigenvalue weighted by atomic mass is 10.1. The second-order valence-corrected chi connectivity index (χ2v) is 7.23. The maximum absolute atomic E-state index is 15.1. The number of piperazine rings is 1. The van der Waals surface area contributed by atoms with Gasteiger partial charge in [0.15, 0.2) is 11.6 Å². The van der Waals surface area contributed by atoms with Crippen LogP contribution in [0.2, 0.25) is 0 Å². The summed E-state index contributed by atoms with van der Waals surface area (Å²) in [6.07, 6.45) is -1.97. The number of hydrogen-bond donors (Lipinski definition) is 2. The van der Waals surface area contributed by atoms with Gasteiger partial charge in [-0.2, -0.15) is 0 Å². The molecule has 2 N–H and O–H groups in total. The number of pyridine rings is 1. The Labute approximate surface area is 164 Å². The van der Waals surface area contributed by atoms with Crippen LogP contribution in [0.4, 0.5) is 18.9 Å². The average molecular weight is 413 g/mol. The first-order valence-electron chi connectivity index (χ1n) is 9.10. The van der Waals surface area contributed by atoms with E-state index in [-0.39, 0.29) is 34.4 Å². The predicted molar refractivity (Wildman–Crippen MR) is 102 cm³/mol. The molecule has 2 unspecified atom stereocenters. The van der Waals surface area contributed by atoms with Gasteiger partial charge in [0.2, 0.25) is 5.43 Å². The number of ether oxygens (including phenoxy) is 1. The highest BCUT2D eigenvalue weighted by Gasteiger charge is 2.29. The molecule has 0 radical (unpaired) electrons. The number of benzene rings is 1. The highest BCUT2D eigenvalue weighted by molar-refractivity contribution is 5.97. The lowest BCUT2D eigenvalue weighted by molar-refractivity contribution is 0.0693. The minimum absolute atomic E-state index is 0.0381. The minimum Gasteiger partial charge on any atom is -0.492 e. The van der Waals surface area contributed by atoms with Crippen molar-refractivity contribution in [3.8, 4) is 5.75 Å². The molecule has 2 aromatic rings. The van der Waals surface area contributed by atoms with Gasteiger partial charge in [0.05, 0.1) is 24.6 Å². The Morgan fingerprint density at radius 1 is 1.34 bits per heavy atom. The van der Waals surface area contributed by atoms with E-state index in [0.29, 0.717) is 13.1 Å². The van der Waals surface area contributed by atoms with Gasteiger partial charge in [-0.3, -0.25) is 4.79 Å². The zero-order valence-electron chi connectivity index (χ0n) is 16.2. The summed E-state index contributed by atoms with van der Waals surface area (Å²) in [4.78, 5) is 25.7. The van der Waals surface area contributed by atoms with Crippen LogP contribution >= 0.6 is 0 Å². The zero-order valence-corrected chi connectivity index (χ0v) is 16.2. The van der Waals surface area contributed by atoms with E-state index in [2.05, 4.69) is 5.32 Å². The van der Waals surface area contributed by atoms with E-state index in [1.54, 1.807) is 4.90 Å². The van der Waals surface area contributed by atoms with Crippen LogP contribution in [-0.2, 0) is 6.54 Å². The molecule has 1 aromatic heterocycles. The molecule has 29 heavy (non-hydrogen) atoms. The Kier molecular flexibility index (Phi) is 5.74. The fourth-order valence-electron chi connectivity index (χ4n) is 3.93. The van der Waals surface area contributed by atoms with Crippen molar-refractivity contribution in [1.29, 1.82) is 0 Å². The molecule has 7 nitrogen and oxygen atoms in total. The fraction of sp³-hybridized carbons (Fsp3) is 0.474. The number of carboxylic acids is 1. The highest BCUT2D eigenvalue weighted by Crippen LogP contribution is 2.39. The molecule has 0 saturated carbocycles. The largest absolute Gasteiger partial charge is 0.492 e. The first kappa shape index (κ1) is 21.0. The number of rotatable bonds is 5. The molecule has 0 spiro atoms. The Hall–Kier alpha value is -2.75. The third-order valence-electron chi connectivity index (χ3n) is 4.89. The summed E-state index contributed by atoms with van der Waals surface area (Å²) in [6.45, 7) is 3.87. The van der Waals surface area contributed by atoms with E-state index in [1.165, 1.54) is 7.11 Å². The van der Waals surface area contributed by atoms with Crippen molar-refractivity contribution >= 4 is 22.6 Å². The molecular formula is C19H22F3N3O4. The zero-order chi connectivity index (χ0) is 21.5. The van der Waals surface area contributed by atoms with E-state index in [0.717, 1.165) is 16.8 Å². The Balaban J connectivity index is 2.35. The van der Waals surface area contributed by atoms with E-state index in [4.69, 9.17) is 4.74 Å². The second-order valence-electron chi connectivity index (χ2n) is 7.23.